The maximum absolute atomic E-state index is 13.2. The van der Waals surface area contributed by atoms with Crippen molar-refractivity contribution < 1.29 is 40.3 Å². The van der Waals surface area contributed by atoms with E-state index in [-0.39, 0.29) is 18.2 Å². The van der Waals surface area contributed by atoms with E-state index in [1.807, 2.05) is 0 Å². The van der Waals surface area contributed by atoms with Crippen LogP contribution >= 0.6 is 0 Å². The summed E-state index contributed by atoms with van der Waals surface area (Å²) in [4.78, 5) is 23.3. The average molecular weight is 462 g/mol. The number of hydrogen-bond acceptors (Lipinski definition) is 5. The maximum atomic E-state index is 13.2. The molecule has 0 aromatic heterocycles. The van der Waals surface area contributed by atoms with Gasteiger partial charge < -0.3 is 10.1 Å². The van der Waals surface area contributed by atoms with Crippen molar-refractivity contribution in [3.05, 3.63) is 59.4 Å². The summed E-state index contributed by atoms with van der Waals surface area (Å²) >= 11 is 0. The molecule has 168 valence electrons. The van der Waals surface area contributed by atoms with Crippen LogP contribution in [0.4, 0.5) is 23.2 Å². The highest BCUT2D eigenvalue weighted by Gasteiger charge is 2.35. The molecular formula is C19H18F4N2O5S. The third-order valence-corrected chi connectivity index (χ3v) is 5.33. The van der Waals surface area contributed by atoms with Gasteiger partial charge in [-0.05, 0) is 56.3 Å². The summed E-state index contributed by atoms with van der Waals surface area (Å²) < 4.78 is 83.9. The smallest absolute Gasteiger partial charge is 0.418 e. The number of rotatable bonds is 7. The van der Waals surface area contributed by atoms with E-state index in [0.717, 1.165) is 24.3 Å². The Hall–Kier alpha value is -3.15. The van der Waals surface area contributed by atoms with Gasteiger partial charge in [-0.25, -0.2) is 17.6 Å². The van der Waals surface area contributed by atoms with Crippen LogP contribution in [0.15, 0.2) is 47.4 Å². The van der Waals surface area contributed by atoms with E-state index in [0.29, 0.717) is 12.1 Å². The molecule has 0 saturated heterocycles. The lowest BCUT2D eigenvalue weighted by Crippen LogP contribution is -2.39. The molecule has 0 aliphatic rings. The summed E-state index contributed by atoms with van der Waals surface area (Å²) in [5, 5.41) is 2.37. The highest BCUT2D eigenvalue weighted by molar-refractivity contribution is 7.92. The van der Waals surface area contributed by atoms with E-state index >= 15 is 0 Å². The quantitative estimate of drug-likeness (QED) is 0.486. The summed E-state index contributed by atoms with van der Waals surface area (Å²) in [6.45, 7) is 3.13. The number of carbonyl (C=O) groups is 2. The molecule has 2 aromatic carbocycles. The second-order valence-corrected chi connectivity index (χ2v) is 7.95. The minimum absolute atomic E-state index is 0.00728. The Morgan fingerprint density at radius 1 is 1.10 bits per heavy atom. The number of halogens is 4. The van der Waals surface area contributed by atoms with Crippen molar-refractivity contribution in [2.75, 3.05) is 11.3 Å². The van der Waals surface area contributed by atoms with Gasteiger partial charge in [0.1, 0.15) is 11.9 Å². The summed E-state index contributed by atoms with van der Waals surface area (Å²) in [6.07, 6.45) is -4.99. The van der Waals surface area contributed by atoms with Gasteiger partial charge in [-0.15, -0.1) is 0 Å². The van der Waals surface area contributed by atoms with Crippen LogP contribution in [0.1, 0.15) is 29.8 Å². The molecule has 7 nitrogen and oxygen atoms in total. The minimum atomic E-state index is -4.99. The second kappa shape index (κ2) is 9.33. The van der Waals surface area contributed by atoms with Gasteiger partial charge in [-0.1, -0.05) is 0 Å². The van der Waals surface area contributed by atoms with Crippen molar-refractivity contribution in [3.63, 3.8) is 0 Å². The molecular weight excluding hydrogens is 444 g/mol. The number of ether oxygens (including phenoxy) is 1. The van der Waals surface area contributed by atoms with Crippen molar-refractivity contribution in [3.8, 4) is 0 Å². The van der Waals surface area contributed by atoms with Crippen molar-refractivity contribution in [1.29, 1.82) is 0 Å². The van der Waals surface area contributed by atoms with E-state index in [4.69, 9.17) is 4.74 Å². The van der Waals surface area contributed by atoms with Crippen molar-refractivity contribution in [2.24, 2.45) is 0 Å². The number of esters is 1. The highest BCUT2D eigenvalue weighted by Crippen LogP contribution is 2.36. The molecule has 2 aromatic rings. The first-order chi connectivity index (χ1) is 14.3. The third kappa shape index (κ3) is 6.17. The molecule has 0 heterocycles. The largest absolute Gasteiger partial charge is 0.464 e. The summed E-state index contributed by atoms with van der Waals surface area (Å²) in [5.41, 5.74) is -2.33. The van der Waals surface area contributed by atoms with Crippen LogP contribution in [0.25, 0.3) is 0 Å². The van der Waals surface area contributed by atoms with Crippen LogP contribution < -0.4 is 10.0 Å². The van der Waals surface area contributed by atoms with Crippen molar-refractivity contribution in [2.45, 2.75) is 31.0 Å². The fourth-order valence-corrected chi connectivity index (χ4v) is 3.52. The number of sulfonamides is 1. The zero-order chi connectivity index (χ0) is 23.4. The lowest BCUT2D eigenvalue weighted by atomic mass is 10.2. The Morgan fingerprint density at radius 2 is 1.71 bits per heavy atom. The highest BCUT2D eigenvalue weighted by atomic mass is 32.2. The number of carbonyl (C=O) groups excluding carboxylic acids is 2. The Balaban J connectivity index is 2.21. The van der Waals surface area contributed by atoms with Crippen LogP contribution in [-0.4, -0.2) is 32.9 Å². The van der Waals surface area contributed by atoms with E-state index in [9.17, 15) is 35.6 Å². The van der Waals surface area contributed by atoms with E-state index in [1.165, 1.54) is 6.92 Å². The molecule has 31 heavy (non-hydrogen) atoms. The molecule has 2 rings (SSSR count). The zero-order valence-electron chi connectivity index (χ0n) is 16.3. The fourth-order valence-electron chi connectivity index (χ4n) is 2.44. The van der Waals surface area contributed by atoms with E-state index < -0.39 is 56.1 Å². The molecule has 0 fully saturated rings. The third-order valence-electron chi connectivity index (χ3n) is 3.95. The SMILES string of the molecule is CCOC(=O)C(C)NC(=O)c1ccc(S(=O)(=O)Nc2ccc(F)cc2C(F)(F)F)cc1. The number of benzene rings is 2. The van der Waals surface area contributed by atoms with E-state index in [2.05, 4.69) is 5.32 Å². The Bertz CT molecular complexity index is 1070. The van der Waals surface area contributed by atoms with Gasteiger partial charge in [0.15, 0.2) is 0 Å². The Morgan fingerprint density at radius 3 is 2.26 bits per heavy atom. The van der Waals surface area contributed by atoms with E-state index in [1.54, 1.807) is 11.6 Å². The summed E-state index contributed by atoms with van der Waals surface area (Å²) in [5.74, 6) is -2.52. The van der Waals surface area contributed by atoms with Crippen LogP contribution in [0, 0.1) is 5.82 Å². The van der Waals surface area contributed by atoms with Crippen LogP contribution in [0.3, 0.4) is 0 Å². The lowest BCUT2D eigenvalue weighted by Gasteiger charge is -2.15. The maximum Gasteiger partial charge on any atom is 0.418 e. The summed E-state index contributed by atoms with van der Waals surface area (Å²) in [7, 11) is -4.47. The van der Waals surface area contributed by atoms with Gasteiger partial charge in [-0.2, -0.15) is 13.2 Å². The second-order valence-electron chi connectivity index (χ2n) is 6.26. The number of anilines is 1. The molecule has 0 radical (unpaired) electrons. The van der Waals surface area contributed by atoms with Crippen molar-refractivity contribution >= 4 is 27.6 Å². The zero-order valence-corrected chi connectivity index (χ0v) is 17.1. The molecule has 0 aliphatic heterocycles. The summed E-state index contributed by atoms with van der Waals surface area (Å²) in [6, 6.07) is 4.83. The standard InChI is InChI=1S/C19H18F4N2O5S/c1-3-30-18(27)11(2)24-17(26)12-4-7-14(8-5-12)31(28,29)25-16-9-6-13(20)10-15(16)19(21,22)23/h4-11,25H,3H2,1-2H3,(H,24,26). The van der Waals surface area contributed by atoms with Crippen LogP contribution in [0.2, 0.25) is 0 Å². The monoisotopic (exact) mass is 462 g/mol. The first-order valence-corrected chi connectivity index (χ1v) is 10.3. The number of alkyl halides is 3. The molecule has 0 bridgehead atoms. The topological polar surface area (TPSA) is 102 Å². The van der Waals surface area contributed by atoms with Gasteiger partial charge in [0.25, 0.3) is 15.9 Å². The first kappa shape index (κ1) is 24.1. The minimum Gasteiger partial charge on any atom is -0.464 e. The predicted octanol–water partition coefficient (Wildman–Crippen LogP) is 3.33. The molecule has 1 atom stereocenters. The van der Waals surface area contributed by atoms with Crippen LogP contribution in [-0.2, 0) is 25.7 Å². The van der Waals surface area contributed by atoms with Gasteiger partial charge >= 0.3 is 12.1 Å². The van der Waals surface area contributed by atoms with Gasteiger partial charge in [0, 0.05) is 5.56 Å². The first-order valence-electron chi connectivity index (χ1n) is 8.82. The molecule has 0 spiro atoms. The number of nitrogens with one attached hydrogen (secondary N) is 2. The molecule has 0 aliphatic carbocycles. The molecule has 1 amide bonds. The molecule has 2 N–H and O–H groups in total. The molecule has 0 saturated carbocycles. The molecule has 1 unspecified atom stereocenters. The fraction of sp³-hybridized carbons (Fsp3) is 0.263. The Labute approximate surface area is 175 Å². The number of hydrogen-bond donors (Lipinski definition) is 2. The van der Waals surface area contributed by atoms with Gasteiger partial charge in [-0.3, -0.25) is 9.52 Å². The number of amides is 1. The van der Waals surface area contributed by atoms with Gasteiger partial charge in [0.2, 0.25) is 0 Å². The average Bonchev–Trinajstić information content (AvgIpc) is 2.68. The lowest BCUT2D eigenvalue weighted by molar-refractivity contribution is -0.145. The van der Waals surface area contributed by atoms with Crippen molar-refractivity contribution in [1.82, 2.24) is 5.32 Å². The normalized spacial score (nSPS) is 12.7. The predicted molar refractivity (Wildman–Crippen MR) is 102 cm³/mol. The Kier molecular flexibility index (Phi) is 7.26. The van der Waals surface area contributed by atoms with Gasteiger partial charge in [0.05, 0.1) is 22.8 Å². The van der Waals surface area contributed by atoms with Crippen LogP contribution in [0.5, 0.6) is 0 Å². The molecule has 12 heteroatoms.